The van der Waals surface area contributed by atoms with Crippen LogP contribution in [0.25, 0.3) is 0 Å². The van der Waals surface area contributed by atoms with Crippen LogP contribution in [-0.4, -0.2) is 11.9 Å². The van der Waals surface area contributed by atoms with E-state index in [1.165, 1.54) is 0 Å². The summed E-state index contributed by atoms with van der Waals surface area (Å²) >= 11 is 0. The quantitative estimate of drug-likeness (QED) is 0.606. The van der Waals surface area contributed by atoms with Crippen LogP contribution in [0.4, 0.5) is 0 Å². The van der Waals surface area contributed by atoms with Gasteiger partial charge in [0.2, 0.25) is 0 Å². The molecule has 0 bridgehead atoms. The number of carbonyl (C=O) groups excluding carboxylic acids is 1. The minimum Gasteiger partial charge on any atom is -0.356 e. The molecule has 0 aromatic heterocycles. The Kier molecular flexibility index (Phi) is 2.73. The Morgan fingerprint density at radius 3 is 2.33 bits per heavy atom. The predicted molar refractivity (Wildman–Crippen MR) is 69.6 cm³/mol. The van der Waals surface area contributed by atoms with Crippen LogP contribution < -0.4 is 0 Å². The molecule has 2 heteroatoms. The first kappa shape index (κ1) is 11.2. The van der Waals surface area contributed by atoms with Gasteiger partial charge in [-0.15, -0.1) is 0 Å². The van der Waals surface area contributed by atoms with Crippen LogP contribution in [0, 0.1) is 6.92 Å². The van der Waals surface area contributed by atoms with Crippen molar-refractivity contribution in [3.8, 4) is 0 Å². The molecule has 2 nitrogen and oxygen atoms in total. The molecule has 1 aliphatic rings. The van der Waals surface area contributed by atoms with Crippen molar-refractivity contribution in [1.82, 2.24) is 0 Å². The fourth-order valence-electron chi connectivity index (χ4n) is 2.09. The van der Waals surface area contributed by atoms with Gasteiger partial charge in [-0.1, -0.05) is 60.2 Å². The van der Waals surface area contributed by atoms with Gasteiger partial charge < -0.3 is 4.74 Å². The maximum Gasteiger partial charge on any atom is 0.194 e. The van der Waals surface area contributed by atoms with E-state index in [1.807, 2.05) is 61.5 Å². The third kappa shape index (κ3) is 2.07. The van der Waals surface area contributed by atoms with Crippen LogP contribution in [0.1, 0.15) is 27.6 Å². The molecule has 3 rings (SSSR count). The van der Waals surface area contributed by atoms with Crippen molar-refractivity contribution in [2.75, 3.05) is 0 Å². The highest BCUT2D eigenvalue weighted by molar-refractivity contribution is 6.01. The largest absolute Gasteiger partial charge is 0.356 e. The van der Waals surface area contributed by atoms with Crippen molar-refractivity contribution < 1.29 is 9.53 Å². The van der Waals surface area contributed by atoms with Gasteiger partial charge in [0.1, 0.15) is 6.10 Å². The number of epoxide rings is 1. The lowest BCUT2D eigenvalue weighted by atomic mass is 10.0. The van der Waals surface area contributed by atoms with Gasteiger partial charge in [0.05, 0.1) is 0 Å². The Balaban J connectivity index is 1.75. The van der Waals surface area contributed by atoms with Crippen molar-refractivity contribution >= 4 is 5.78 Å². The third-order valence-corrected chi connectivity index (χ3v) is 3.21. The van der Waals surface area contributed by atoms with E-state index in [9.17, 15) is 4.79 Å². The van der Waals surface area contributed by atoms with Crippen molar-refractivity contribution in [2.24, 2.45) is 0 Å². The first-order valence-electron chi connectivity index (χ1n) is 6.07. The molecule has 2 aromatic carbocycles. The lowest BCUT2D eigenvalue weighted by Gasteiger charge is -1.98. The number of ketones is 1. The Morgan fingerprint density at radius 2 is 1.67 bits per heavy atom. The van der Waals surface area contributed by atoms with Crippen molar-refractivity contribution in [1.29, 1.82) is 0 Å². The Morgan fingerprint density at radius 1 is 1.00 bits per heavy atom. The van der Waals surface area contributed by atoms with E-state index in [1.54, 1.807) is 0 Å². The van der Waals surface area contributed by atoms with E-state index < -0.39 is 0 Å². The van der Waals surface area contributed by atoms with Crippen LogP contribution in [0.2, 0.25) is 0 Å². The maximum absolute atomic E-state index is 12.2. The molecular formula is C16H14O2. The van der Waals surface area contributed by atoms with E-state index in [0.717, 1.165) is 16.7 Å². The molecule has 0 spiro atoms. The Labute approximate surface area is 106 Å². The SMILES string of the molecule is Cc1ccc(C(=O)[C@H]2O[C@H]2c2ccccc2)cc1. The summed E-state index contributed by atoms with van der Waals surface area (Å²) in [7, 11) is 0. The number of aryl methyl sites for hydroxylation is 1. The minimum atomic E-state index is -0.310. The highest BCUT2D eigenvalue weighted by atomic mass is 16.6. The van der Waals surface area contributed by atoms with E-state index >= 15 is 0 Å². The van der Waals surface area contributed by atoms with Crippen molar-refractivity contribution in [3.63, 3.8) is 0 Å². The van der Waals surface area contributed by atoms with Gasteiger partial charge >= 0.3 is 0 Å². The number of carbonyl (C=O) groups is 1. The molecule has 0 radical (unpaired) electrons. The summed E-state index contributed by atoms with van der Waals surface area (Å²) in [6.07, 6.45) is -0.380. The van der Waals surface area contributed by atoms with Gasteiger partial charge in [-0.05, 0) is 12.5 Å². The molecule has 2 aromatic rings. The van der Waals surface area contributed by atoms with Crippen LogP contribution in [-0.2, 0) is 4.74 Å². The van der Waals surface area contributed by atoms with E-state index in [2.05, 4.69) is 0 Å². The molecule has 1 aliphatic heterocycles. The van der Waals surface area contributed by atoms with Gasteiger partial charge in [0.15, 0.2) is 11.9 Å². The topological polar surface area (TPSA) is 29.6 Å². The van der Waals surface area contributed by atoms with Crippen LogP contribution in [0.5, 0.6) is 0 Å². The average Bonchev–Trinajstić information content (AvgIpc) is 3.20. The van der Waals surface area contributed by atoms with Gasteiger partial charge in [-0.25, -0.2) is 0 Å². The monoisotopic (exact) mass is 238 g/mol. The fraction of sp³-hybridized carbons (Fsp3) is 0.188. The second kappa shape index (κ2) is 4.39. The van der Waals surface area contributed by atoms with E-state index in [-0.39, 0.29) is 18.0 Å². The van der Waals surface area contributed by atoms with Gasteiger partial charge in [0, 0.05) is 5.56 Å². The highest BCUT2D eigenvalue weighted by Crippen LogP contribution is 2.40. The zero-order valence-corrected chi connectivity index (χ0v) is 10.2. The summed E-state index contributed by atoms with van der Waals surface area (Å²) in [5, 5.41) is 0. The summed E-state index contributed by atoms with van der Waals surface area (Å²) < 4.78 is 5.50. The molecule has 1 saturated heterocycles. The summed E-state index contributed by atoms with van der Waals surface area (Å²) in [5.74, 6) is 0.0730. The van der Waals surface area contributed by atoms with Crippen LogP contribution in [0.15, 0.2) is 54.6 Å². The van der Waals surface area contributed by atoms with Crippen molar-refractivity contribution in [3.05, 3.63) is 71.3 Å². The molecule has 0 N–H and O–H groups in total. The Bertz CT molecular complexity index is 557. The number of rotatable bonds is 3. The van der Waals surface area contributed by atoms with Crippen molar-refractivity contribution in [2.45, 2.75) is 19.1 Å². The number of Topliss-reactive ketones (excluding diaryl/α,β-unsaturated/α-hetero) is 1. The smallest absolute Gasteiger partial charge is 0.194 e. The normalized spacial score (nSPS) is 21.6. The molecule has 1 fully saturated rings. The first-order chi connectivity index (χ1) is 8.75. The summed E-state index contributed by atoms with van der Waals surface area (Å²) in [4.78, 5) is 12.2. The molecule has 2 atom stereocenters. The molecule has 0 saturated carbocycles. The first-order valence-corrected chi connectivity index (χ1v) is 6.07. The van der Waals surface area contributed by atoms with Crippen LogP contribution >= 0.6 is 0 Å². The molecule has 1 heterocycles. The number of hydrogen-bond donors (Lipinski definition) is 0. The highest BCUT2D eigenvalue weighted by Gasteiger charge is 2.45. The summed E-state index contributed by atoms with van der Waals surface area (Å²) in [5.41, 5.74) is 2.95. The number of benzene rings is 2. The Hall–Kier alpha value is -1.93. The number of hydrogen-bond acceptors (Lipinski definition) is 2. The molecule has 0 unspecified atom stereocenters. The molecule has 18 heavy (non-hydrogen) atoms. The van der Waals surface area contributed by atoms with E-state index in [0.29, 0.717) is 0 Å². The van der Waals surface area contributed by atoms with E-state index in [4.69, 9.17) is 4.74 Å². The van der Waals surface area contributed by atoms with Gasteiger partial charge in [-0.3, -0.25) is 4.79 Å². The van der Waals surface area contributed by atoms with Gasteiger partial charge in [-0.2, -0.15) is 0 Å². The fourth-order valence-corrected chi connectivity index (χ4v) is 2.09. The van der Waals surface area contributed by atoms with Gasteiger partial charge in [0.25, 0.3) is 0 Å². The minimum absolute atomic E-state index is 0.0694. The standard InChI is InChI=1S/C16H14O2/c1-11-7-9-12(10-8-11)14(17)16-15(18-16)13-5-3-2-4-6-13/h2-10,15-16H,1H3/t15-,16+/m0/s1. The molecule has 90 valence electrons. The second-order valence-electron chi connectivity index (χ2n) is 4.62. The molecule has 0 amide bonds. The zero-order chi connectivity index (χ0) is 12.5. The van der Waals surface area contributed by atoms with Crippen LogP contribution in [0.3, 0.4) is 0 Å². The lowest BCUT2D eigenvalue weighted by Crippen LogP contribution is -2.08. The summed E-state index contributed by atoms with van der Waals surface area (Å²) in [6, 6.07) is 17.5. The second-order valence-corrected chi connectivity index (χ2v) is 4.62. The number of ether oxygens (including phenoxy) is 1. The average molecular weight is 238 g/mol. The molecule has 0 aliphatic carbocycles. The predicted octanol–water partition coefficient (Wildman–Crippen LogP) is 3.32. The zero-order valence-electron chi connectivity index (χ0n) is 10.2. The third-order valence-electron chi connectivity index (χ3n) is 3.21. The maximum atomic E-state index is 12.2. The molecular weight excluding hydrogens is 224 g/mol. The summed E-state index contributed by atoms with van der Waals surface area (Å²) in [6.45, 7) is 2.01. The lowest BCUT2D eigenvalue weighted by molar-refractivity contribution is 0.0953.